The van der Waals surface area contributed by atoms with Crippen molar-refractivity contribution in [1.82, 2.24) is 0 Å². The number of hydrogen-bond donors (Lipinski definition) is 0. The molecule has 0 aliphatic rings. The van der Waals surface area contributed by atoms with Crippen LogP contribution in [0.4, 0.5) is 17.1 Å². The van der Waals surface area contributed by atoms with Gasteiger partial charge in [0.05, 0.1) is 5.48 Å². The molecule has 0 saturated heterocycles. The van der Waals surface area contributed by atoms with Crippen LogP contribution in [0.3, 0.4) is 0 Å². The van der Waals surface area contributed by atoms with E-state index in [1.54, 1.807) is 0 Å². The fraction of sp³-hybridized carbons (Fsp3) is 0. The molecule has 0 heterocycles. The van der Waals surface area contributed by atoms with Gasteiger partial charge in [-0.1, -0.05) is 200 Å². The standard InChI is InChI=1S/C58H41N/c1-3-12-42(13-4-1)44-24-26-45(27-25-44)46-28-34-54(35-29-46)59(55-36-30-47(31-37-55)51-19-9-18-50(40-51)43-14-5-2-6-15-43)56-38-32-48(33-39-56)52-20-10-21-53(41-52)58-23-11-17-49-16-7-8-22-57(49)58/h1-41H/i32D,33D,38D,39D. The summed E-state index contributed by atoms with van der Waals surface area (Å²) in [7, 11) is 0. The first-order valence-electron chi connectivity index (χ1n) is 21.9. The van der Waals surface area contributed by atoms with E-state index in [4.69, 9.17) is 0 Å². The molecule has 0 bridgehead atoms. The summed E-state index contributed by atoms with van der Waals surface area (Å²) < 4.78 is 38.2. The van der Waals surface area contributed by atoms with Crippen LogP contribution in [0.1, 0.15) is 5.48 Å². The van der Waals surface area contributed by atoms with E-state index >= 15 is 0 Å². The fourth-order valence-corrected chi connectivity index (χ4v) is 7.89. The fourth-order valence-electron chi connectivity index (χ4n) is 7.89. The van der Waals surface area contributed by atoms with Gasteiger partial charge in [-0.15, -0.1) is 0 Å². The Bertz CT molecular complexity index is 3200. The van der Waals surface area contributed by atoms with Gasteiger partial charge in [0.1, 0.15) is 0 Å². The first-order chi connectivity index (χ1) is 30.9. The molecule has 1 heteroatoms. The van der Waals surface area contributed by atoms with Crippen molar-refractivity contribution in [3.63, 3.8) is 0 Å². The van der Waals surface area contributed by atoms with Gasteiger partial charge >= 0.3 is 0 Å². The molecule has 59 heavy (non-hydrogen) atoms. The second-order valence-corrected chi connectivity index (χ2v) is 14.7. The normalized spacial score (nSPS) is 12.0. The number of fused-ring (bicyclic) bond motifs is 1. The molecule has 0 radical (unpaired) electrons. The third-order valence-electron chi connectivity index (χ3n) is 11.0. The molecule has 10 aromatic carbocycles. The van der Waals surface area contributed by atoms with Crippen LogP contribution >= 0.6 is 0 Å². The highest BCUT2D eigenvalue weighted by molar-refractivity contribution is 5.97. The van der Waals surface area contributed by atoms with Gasteiger partial charge in [-0.3, -0.25) is 0 Å². The van der Waals surface area contributed by atoms with E-state index in [1.807, 2.05) is 120 Å². The summed E-state index contributed by atoms with van der Waals surface area (Å²) in [5.41, 5.74) is 13.2. The number of hydrogen-bond acceptors (Lipinski definition) is 1. The predicted octanol–water partition coefficient (Wildman–Crippen LogP) is 16.3. The number of nitrogens with zero attached hydrogens (tertiary/aromatic N) is 1. The van der Waals surface area contributed by atoms with Crippen molar-refractivity contribution < 1.29 is 5.48 Å². The Morgan fingerprint density at radius 2 is 0.627 bits per heavy atom. The zero-order valence-electron chi connectivity index (χ0n) is 36.3. The van der Waals surface area contributed by atoms with Crippen molar-refractivity contribution in [2.24, 2.45) is 0 Å². The maximum Gasteiger partial charge on any atom is 0.0645 e. The topological polar surface area (TPSA) is 3.24 Å². The molecule has 10 aromatic rings. The summed E-state index contributed by atoms with van der Waals surface area (Å²) in [6.07, 6.45) is 0. The molecule has 0 fully saturated rings. The average Bonchev–Trinajstić information content (AvgIpc) is 3.35. The van der Waals surface area contributed by atoms with Gasteiger partial charge in [-0.05, 0) is 126 Å². The molecule has 0 spiro atoms. The van der Waals surface area contributed by atoms with Crippen LogP contribution < -0.4 is 4.90 Å². The smallest absolute Gasteiger partial charge is 0.0645 e. The van der Waals surface area contributed by atoms with E-state index in [1.165, 1.54) is 0 Å². The summed E-state index contributed by atoms with van der Waals surface area (Å²) in [4.78, 5) is 1.85. The minimum atomic E-state index is -0.123. The molecule has 0 amide bonds. The molecule has 278 valence electrons. The van der Waals surface area contributed by atoms with Crippen LogP contribution in [-0.4, -0.2) is 0 Å². The van der Waals surface area contributed by atoms with Crippen LogP contribution in [0.25, 0.3) is 77.5 Å². The number of rotatable bonds is 9. The van der Waals surface area contributed by atoms with Crippen LogP contribution in [0, 0.1) is 0 Å². The molecule has 10 rings (SSSR count). The van der Waals surface area contributed by atoms with Crippen molar-refractivity contribution >= 4 is 27.8 Å². The Labute approximate surface area is 352 Å². The lowest BCUT2D eigenvalue weighted by molar-refractivity contribution is 1.28. The lowest BCUT2D eigenvalue weighted by Gasteiger charge is -2.26. The first-order valence-corrected chi connectivity index (χ1v) is 19.9. The van der Waals surface area contributed by atoms with Gasteiger partial charge in [-0.25, -0.2) is 0 Å². The summed E-state index contributed by atoms with van der Waals surface area (Å²) in [5, 5.41) is 2.23. The number of benzene rings is 10. The van der Waals surface area contributed by atoms with Crippen LogP contribution in [-0.2, 0) is 0 Å². The summed E-state index contributed by atoms with van der Waals surface area (Å²) in [5.74, 6) is 0. The van der Waals surface area contributed by atoms with Gasteiger partial charge < -0.3 is 4.90 Å². The van der Waals surface area contributed by atoms with Gasteiger partial charge in [0, 0.05) is 17.1 Å². The highest BCUT2D eigenvalue weighted by Gasteiger charge is 2.15. The molecule has 0 aliphatic carbocycles. The SMILES string of the molecule is [2H]c1c([2H])c(N(c2ccc(-c3ccc(-c4ccccc4)cc3)cc2)c2ccc(-c3cccc(-c4ccccc4)c3)cc2)c([2H])c([2H])c1-c1cccc(-c2cccc3ccccc23)c1. The van der Waals surface area contributed by atoms with Crippen LogP contribution in [0.15, 0.2) is 249 Å². The third kappa shape index (κ3) is 7.46. The molecular formula is C58H41N. The minimum Gasteiger partial charge on any atom is -0.311 e. The zero-order chi connectivity index (χ0) is 42.9. The van der Waals surface area contributed by atoms with Gasteiger partial charge in [0.25, 0.3) is 0 Å². The van der Waals surface area contributed by atoms with Gasteiger partial charge in [0.15, 0.2) is 0 Å². The molecule has 1 nitrogen and oxygen atoms in total. The molecular weight excluding hydrogens is 711 g/mol. The summed E-state index contributed by atoms with van der Waals surface area (Å²) >= 11 is 0. The Hall–Kier alpha value is -7.74. The van der Waals surface area contributed by atoms with Crippen molar-refractivity contribution in [3.05, 3.63) is 249 Å². The summed E-state index contributed by atoms with van der Waals surface area (Å²) in [6, 6.07) is 75.6. The molecule has 0 unspecified atom stereocenters. The Balaban J connectivity index is 1.06. The Morgan fingerprint density at radius 1 is 0.254 bits per heavy atom. The Kier molecular flexibility index (Phi) is 8.51. The van der Waals surface area contributed by atoms with E-state index in [9.17, 15) is 5.48 Å². The summed E-state index contributed by atoms with van der Waals surface area (Å²) in [6.45, 7) is 0. The second kappa shape index (κ2) is 16.0. The lowest BCUT2D eigenvalue weighted by Crippen LogP contribution is -2.09. The van der Waals surface area contributed by atoms with E-state index in [0.29, 0.717) is 16.9 Å². The highest BCUT2D eigenvalue weighted by atomic mass is 15.1. The monoisotopic (exact) mass is 755 g/mol. The van der Waals surface area contributed by atoms with Gasteiger partial charge in [0.2, 0.25) is 0 Å². The molecule has 0 aromatic heterocycles. The molecule has 0 atom stereocenters. The van der Waals surface area contributed by atoms with Crippen molar-refractivity contribution in [2.45, 2.75) is 0 Å². The number of anilines is 3. The lowest BCUT2D eigenvalue weighted by atomic mass is 9.95. The van der Waals surface area contributed by atoms with Crippen molar-refractivity contribution in [2.75, 3.05) is 4.90 Å². The third-order valence-corrected chi connectivity index (χ3v) is 11.0. The quantitative estimate of drug-likeness (QED) is 0.142. The second-order valence-electron chi connectivity index (χ2n) is 14.7. The van der Waals surface area contributed by atoms with E-state index in [0.717, 1.165) is 66.4 Å². The average molecular weight is 756 g/mol. The predicted molar refractivity (Wildman–Crippen MR) is 251 cm³/mol. The minimum absolute atomic E-state index is 0.101. The molecule has 0 N–H and O–H groups in total. The van der Waals surface area contributed by atoms with Crippen LogP contribution in [0.2, 0.25) is 0 Å². The van der Waals surface area contributed by atoms with Crippen molar-refractivity contribution in [3.8, 4) is 66.8 Å². The van der Waals surface area contributed by atoms with E-state index < -0.39 is 0 Å². The zero-order valence-corrected chi connectivity index (χ0v) is 32.3. The van der Waals surface area contributed by atoms with Gasteiger partial charge in [-0.2, -0.15) is 0 Å². The van der Waals surface area contributed by atoms with E-state index in [-0.39, 0.29) is 35.4 Å². The maximum atomic E-state index is 9.60. The largest absolute Gasteiger partial charge is 0.311 e. The van der Waals surface area contributed by atoms with E-state index in [2.05, 4.69) is 109 Å². The van der Waals surface area contributed by atoms with Crippen molar-refractivity contribution in [1.29, 1.82) is 0 Å². The molecule has 0 saturated carbocycles. The highest BCUT2D eigenvalue weighted by Crippen LogP contribution is 2.39. The van der Waals surface area contributed by atoms with Crippen LogP contribution in [0.5, 0.6) is 0 Å². The maximum absolute atomic E-state index is 9.60. The molecule has 0 aliphatic heterocycles. The first kappa shape index (κ1) is 31.4. The Morgan fingerprint density at radius 3 is 1.20 bits per heavy atom.